The predicted octanol–water partition coefficient (Wildman–Crippen LogP) is 2.27. The minimum Gasteiger partial charge on any atom is -0.484 e. The number of benzene rings is 2. The molecule has 2 aromatic carbocycles. The number of amides is 2. The maximum absolute atomic E-state index is 12.2. The molecule has 0 saturated carbocycles. The fourth-order valence-electron chi connectivity index (χ4n) is 2.41. The molecule has 0 unspecified atom stereocenters. The van der Waals surface area contributed by atoms with E-state index in [2.05, 4.69) is 5.32 Å². The highest BCUT2D eigenvalue weighted by atomic mass is 16.5. The molecule has 0 fully saturated rings. The van der Waals surface area contributed by atoms with Gasteiger partial charge in [-0.2, -0.15) is 0 Å². The van der Waals surface area contributed by atoms with E-state index in [-0.39, 0.29) is 25.0 Å². The largest absolute Gasteiger partial charge is 0.484 e. The number of para-hydroxylation sites is 1. The Balaban J connectivity index is 1.53. The molecule has 0 radical (unpaired) electrons. The van der Waals surface area contributed by atoms with Gasteiger partial charge in [0.2, 0.25) is 5.91 Å². The van der Waals surface area contributed by atoms with E-state index in [1.54, 1.807) is 36.4 Å². The van der Waals surface area contributed by atoms with Crippen LogP contribution < -0.4 is 15.7 Å². The summed E-state index contributed by atoms with van der Waals surface area (Å²) in [5, 5.41) is 3.46. The lowest BCUT2D eigenvalue weighted by Gasteiger charge is -2.17. The van der Waals surface area contributed by atoms with Crippen LogP contribution in [0.3, 0.4) is 0 Å². The van der Waals surface area contributed by atoms with E-state index in [4.69, 9.17) is 9.15 Å². The first kappa shape index (κ1) is 18.2. The molecule has 0 aliphatic rings. The third kappa shape index (κ3) is 4.94. The molecule has 7 heteroatoms. The molecule has 7 nitrogen and oxygen atoms in total. The second-order valence-electron chi connectivity index (χ2n) is 5.91. The van der Waals surface area contributed by atoms with Crippen molar-refractivity contribution in [2.24, 2.45) is 0 Å². The lowest BCUT2D eigenvalue weighted by molar-refractivity contribution is -0.135. The van der Waals surface area contributed by atoms with Gasteiger partial charge in [0.15, 0.2) is 6.61 Å². The lowest BCUT2D eigenvalue weighted by Crippen LogP contribution is -2.37. The second-order valence-corrected chi connectivity index (χ2v) is 5.91. The molecule has 0 bridgehead atoms. The molecule has 0 aliphatic carbocycles. The highest BCUT2D eigenvalue weighted by Crippen LogP contribution is 2.19. The Bertz CT molecular complexity index is 1010. The molecule has 0 spiro atoms. The normalized spacial score (nSPS) is 10.4. The first-order valence-electron chi connectivity index (χ1n) is 8.27. The van der Waals surface area contributed by atoms with Gasteiger partial charge in [-0.15, -0.1) is 0 Å². The van der Waals surface area contributed by atoms with Crippen molar-refractivity contribution in [1.29, 1.82) is 0 Å². The number of hydrogen-bond acceptors (Lipinski definition) is 5. The number of carbonyl (C=O) groups excluding carboxylic acids is 2. The van der Waals surface area contributed by atoms with Gasteiger partial charge in [-0.05, 0) is 30.3 Å². The van der Waals surface area contributed by atoms with Crippen molar-refractivity contribution in [3.63, 3.8) is 0 Å². The van der Waals surface area contributed by atoms with Gasteiger partial charge in [-0.3, -0.25) is 9.59 Å². The molecule has 1 N–H and O–H groups in total. The van der Waals surface area contributed by atoms with Crippen LogP contribution in [-0.4, -0.2) is 36.9 Å². The maximum Gasteiger partial charge on any atom is 0.336 e. The van der Waals surface area contributed by atoms with Gasteiger partial charge in [-0.25, -0.2) is 4.79 Å². The van der Waals surface area contributed by atoms with Gasteiger partial charge in [0, 0.05) is 30.3 Å². The van der Waals surface area contributed by atoms with Crippen molar-refractivity contribution >= 4 is 28.5 Å². The van der Waals surface area contributed by atoms with E-state index in [1.165, 1.54) is 18.0 Å². The van der Waals surface area contributed by atoms with Crippen molar-refractivity contribution in [3.8, 4) is 5.75 Å². The summed E-state index contributed by atoms with van der Waals surface area (Å²) < 4.78 is 10.5. The topological polar surface area (TPSA) is 88.9 Å². The van der Waals surface area contributed by atoms with Crippen molar-refractivity contribution < 1.29 is 18.7 Å². The summed E-state index contributed by atoms with van der Waals surface area (Å²) in [6, 6.07) is 16.9. The molecule has 1 heterocycles. The van der Waals surface area contributed by atoms with Gasteiger partial charge in [0.25, 0.3) is 5.91 Å². The fourth-order valence-corrected chi connectivity index (χ4v) is 2.41. The van der Waals surface area contributed by atoms with E-state index in [0.717, 1.165) is 5.39 Å². The zero-order chi connectivity index (χ0) is 19.2. The molecule has 0 saturated heterocycles. The molecular formula is C20H18N2O5. The average molecular weight is 366 g/mol. The molecule has 3 rings (SSSR count). The average Bonchev–Trinajstić information content (AvgIpc) is 2.66. The van der Waals surface area contributed by atoms with Gasteiger partial charge in [0.05, 0.1) is 6.54 Å². The van der Waals surface area contributed by atoms with Crippen LogP contribution in [0.5, 0.6) is 5.75 Å². The van der Waals surface area contributed by atoms with Crippen molar-refractivity contribution in [2.45, 2.75) is 0 Å². The first-order chi connectivity index (χ1) is 13.0. The van der Waals surface area contributed by atoms with E-state index >= 15 is 0 Å². The number of carbonyl (C=O) groups is 2. The van der Waals surface area contributed by atoms with E-state index in [1.807, 2.05) is 18.2 Å². The quantitative estimate of drug-likeness (QED) is 0.676. The molecule has 2 amide bonds. The molecule has 1 aromatic heterocycles. The van der Waals surface area contributed by atoms with Crippen LogP contribution in [-0.2, 0) is 9.59 Å². The molecule has 0 aliphatic heterocycles. The summed E-state index contributed by atoms with van der Waals surface area (Å²) in [4.78, 5) is 36.7. The number of nitrogens with zero attached hydrogens (tertiary/aromatic N) is 1. The third-order valence-electron chi connectivity index (χ3n) is 3.82. The Morgan fingerprint density at radius 2 is 1.81 bits per heavy atom. The standard InChI is InChI=1S/C20H18N2O5/c1-22(12-18(23)21-15-5-3-2-4-6-15)19(24)13-26-16-9-7-14-8-10-20(25)27-17(14)11-16/h2-11H,12-13H2,1H3,(H,21,23). The van der Waals surface area contributed by atoms with Crippen molar-refractivity contribution in [3.05, 3.63) is 71.1 Å². The van der Waals surface area contributed by atoms with Gasteiger partial charge in [0.1, 0.15) is 11.3 Å². The van der Waals surface area contributed by atoms with Crippen molar-refractivity contribution in [1.82, 2.24) is 4.90 Å². The molecule has 0 atom stereocenters. The number of fused-ring (bicyclic) bond motifs is 1. The van der Waals surface area contributed by atoms with Gasteiger partial charge >= 0.3 is 5.63 Å². The van der Waals surface area contributed by atoms with Crippen LogP contribution in [0.1, 0.15) is 0 Å². The van der Waals surface area contributed by atoms with Gasteiger partial charge < -0.3 is 19.4 Å². The monoisotopic (exact) mass is 366 g/mol. The Morgan fingerprint density at radius 1 is 1.07 bits per heavy atom. The highest BCUT2D eigenvalue weighted by Gasteiger charge is 2.14. The molecule has 3 aromatic rings. The summed E-state index contributed by atoms with van der Waals surface area (Å²) >= 11 is 0. The Labute approximate surface area is 155 Å². The number of rotatable bonds is 6. The number of hydrogen-bond donors (Lipinski definition) is 1. The molecular weight excluding hydrogens is 348 g/mol. The smallest absolute Gasteiger partial charge is 0.336 e. The molecule has 27 heavy (non-hydrogen) atoms. The molecule has 138 valence electrons. The van der Waals surface area contributed by atoms with Crippen LogP contribution in [0.4, 0.5) is 5.69 Å². The Hall–Kier alpha value is -3.61. The van der Waals surface area contributed by atoms with E-state index in [9.17, 15) is 14.4 Å². The zero-order valence-electron chi connectivity index (χ0n) is 14.7. The number of nitrogens with one attached hydrogen (secondary N) is 1. The van der Waals surface area contributed by atoms with Crippen LogP contribution in [0.2, 0.25) is 0 Å². The minimum atomic E-state index is -0.458. The third-order valence-corrected chi connectivity index (χ3v) is 3.82. The summed E-state index contributed by atoms with van der Waals surface area (Å²) in [5.74, 6) is -0.260. The van der Waals surface area contributed by atoms with Crippen LogP contribution >= 0.6 is 0 Å². The SMILES string of the molecule is CN(CC(=O)Nc1ccccc1)C(=O)COc1ccc2ccc(=O)oc2c1. The zero-order valence-corrected chi connectivity index (χ0v) is 14.7. The fraction of sp³-hybridized carbons (Fsp3) is 0.150. The number of ether oxygens (including phenoxy) is 1. The highest BCUT2D eigenvalue weighted by molar-refractivity contribution is 5.94. The summed E-state index contributed by atoms with van der Waals surface area (Å²) in [6.45, 7) is -0.332. The first-order valence-corrected chi connectivity index (χ1v) is 8.27. The lowest BCUT2D eigenvalue weighted by atomic mass is 10.2. The summed E-state index contributed by atoms with van der Waals surface area (Å²) in [6.07, 6.45) is 0. The minimum absolute atomic E-state index is 0.0936. The Kier molecular flexibility index (Phi) is 5.51. The van der Waals surface area contributed by atoms with Crippen molar-refractivity contribution in [2.75, 3.05) is 25.5 Å². The number of likely N-dealkylation sites (N-methyl/N-ethyl adjacent to an activating group) is 1. The maximum atomic E-state index is 12.2. The van der Waals surface area contributed by atoms with Crippen LogP contribution in [0.25, 0.3) is 11.0 Å². The summed E-state index contributed by atoms with van der Waals surface area (Å²) in [7, 11) is 1.52. The summed E-state index contributed by atoms with van der Waals surface area (Å²) in [5.41, 5.74) is 0.584. The second kappa shape index (κ2) is 8.18. The van der Waals surface area contributed by atoms with Crippen LogP contribution in [0.15, 0.2) is 69.9 Å². The number of anilines is 1. The van der Waals surface area contributed by atoms with E-state index < -0.39 is 5.63 Å². The Morgan fingerprint density at radius 3 is 2.59 bits per heavy atom. The van der Waals surface area contributed by atoms with E-state index in [0.29, 0.717) is 17.0 Å². The van der Waals surface area contributed by atoms with Crippen LogP contribution in [0, 0.1) is 0 Å². The van der Waals surface area contributed by atoms with Gasteiger partial charge in [-0.1, -0.05) is 18.2 Å². The predicted molar refractivity (Wildman–Crippen MR) is 101 cm³/mol.